The molecule has 1 aromatic rings. The topological polar surface area (TPSA) is 50.4 Å². The summed E-state index contributed by atoms with van der Waals surface area (Å²) in [4.78, 5) is 12.0. The molecule has 4 nitrogen and oxygen atoms in total. The van der Waals surface area contributed by atoms with Crippen molar-refractivity contribution < 1.29 is 9.53 Å². The van der Waals surface area contributed by atoms with Gasteiger partial charge in [0, 0.05) is 18.2 Å². The maximum Gasteiger partial charge on any atom is 0.251 e. The van der Waals surface area contributed by atoms with E-state index in [0.717, 1.165) is 23.2 Å². The third kappa shape index (κ3) is 3.94. The number of carbonyl (C=O) groups excluding carboxylic acids is 1. The average molecular weight is 327 g/mol. The molecule has 2 N–H and O–H groups in total. The van der Waals surface area contributed by atoms with Gasteiger partial charge in [0.2, 0.25) is 0 Å². The molecule has 0 aliphatic carbocycles. The zero-order valence-electron chi connectivity index (χ0n) is 11.0. The van der Waals surface area contributed by atoms with Crippen LogP contribution in [0.4, 0.5) is 0 Å². The first-order chi connectivity index (χ1) is 9.20. The average Bonchev–Trinajstić information content (AvgIpc) is 2.91. The molecule has 1 aliphatic rings. The van der Waals surface area contributed by atoms with Crippen LogP contribution in [0.25, 0.3) is 0 Å². The Morgan fingerprint density at radius 2 is 2.42 bits per heavy atom. The summed E-state index contributed by atoms with van der Waals surface area (Å²) in [5.41, 5.74) is 0.645. The quantitative estimate of drug-likeness (QED) is 0.873. The van der Waals surface area contributed by atoms with Crippen LogP contribution in [0.1, 0.15) is 29.6 Å². The van der Waals surface area contributed by atoms with Gasteiger partial charge in [0.25, 0.3) is 5.91 Å². The Labute approximate surface area is 122 Å². The highest BCUT2D eigenvalue weighted by Gasteiger charge is 2.14. The van der Waals surface area contributed by atoms with Crippen molar-refractivity contribution in [3.63, 3.8) is 0 Å². The summed E-state index contributed by atoms with van der Waals surface area (Å²) < 4.78 is 5.93. The van der Waals surface area contributed by atoms with E-state index < -0.39 is 0 Å². The molecular formula is C14H19BrN2O2. The molecule has 1 aliphatic heterocycles. The second-order valence-electron chi connectivity index (χ2n) is 4.69. The van der Waals surface area contributed by atoms with Gasteiger partial charge in [0.1, 0.15) is 5.75 Å². The molecule has 1 amide bonds. The minimum absolute atomic E-state index is 0.0404. The van der Waals surface area contributed by atoms with E-state index in [4.69, 9.17) is 4.74 Å². The van der Waals surface area contributed by atoms with Crippen molar-refractivity contribution >= 4 is 21.8 Å². The lowest BCUT2D eigenvalue weighted by atomic mass is 10.1. The molecule has 0 aromatic heterocycles. The molecule has 0 bridgehead atoms. The zero-order valence-corrected chi connectivity index (χ0v) is 12.6. The third-order valence-electron chi connectivity index (χ3n) is 3.35. The zero-order chi connectivity index (χ0) is 13.7. The Balaban J connectivity index is 1.83. The smallest absolute Gasteiger partial charge is 0.251 e. The molecule has 1 fully saturated rings. The lowest BCUT2D eigenvalue weighted by molar-refractivity contribution is 0.0952. The summed E-state index contributed by atoms with van der Waals surface area (Å²) in [5.74, 6) is 0.688. The number of ether oxygens (including phenoxy) is 1. The van der Waals surface area contributed by atoms with Crippen molar-refractivity contribution in [3.05, 3.63) is 28.2 Å². The van der Waals surface area contributed by atoms with Gasteiger partial charge in [-0.3, -0.25) is 4.79 Å². The second-order valence-corrected chi connectivity index (χ2v) is 5.54. The van der Waals surface area contributed by atoms with E-state index in [1.807, 2.05) is 0 Å². The molecule has 1 atom stereocenters. The standard InChI is InChI=1S/C14H19BrN2O2/c1-19-13-5-4-10(9-12(13)15)14(18)17-8-6-11-3-2-7-16-11/h4-5,9,11,16H,2-3,6-8H2,1H3,(H,17,18). The Kier molecular flexibility index (Phi) is 5.22. The fraction of sp³-hybridized carbons (Fsp3) is 0.500. The van der Waals surface area contributed by atoms with Crippen LogP contribution in [0, 0.1) is 0 Å². The van der Waals surface area contributed by atoms with Gasteiger partial charge in [-0.15, -0.1) is 0 Å². The SMILES string of the molecule is COc1ccc(C(=O)NCCC2CCCN2)cc1Br. The first-order valence-electron chi connectivity index (χ1n) is 6.56. The van der Waals surface area contributed by atoms with Crippen LogP contribution in [0.5, 0.6) is 5.75 Å². The van der Waals surface area contributed by atoms with Crippen LogP contribution < -0.4 is 15.4 Å². The summed E-state index contributed by atoms with van der Waals surface area (Å²) in [7, 11) is 1.61. The highest BCUT2D eigenvalue weighted by Crippen LogP contribution is 2.25. The van der Waals surface area contributed by atoms with E-state index in [1.54, 1.807) is 25.3 Å². The molecular weight excluding hydrogens is 308 g/mol. The predicted octanol–water partition coefficient (Wildman–Crippen LogP) is 2.33. The number of halogens is 1. The van der Waals surface area contributed by atoms with Crippen molar-refractivity contribution in [1.82, 2.24) is 10.6 Å². The van der Waals surface area contributed by atoms with Gasteiger partial charge >= 0.3 is 0 Å². The van der Waals surface area contributed by atoms with Crippen molar-refractivity contribution in [2.45, 2.75) is 25.3 Å². The van der Waals surface area contributed by atoms with Gasteiger partial charge in [-0.2, -0.15) is 0 Å². The summed E-state index contributed by atoms with van der Waals surface area (Å²) in [6.45, 7) is 1.81. The Morgan fingerprint density at radius 1 is 1.58 bits per heavy atom. The first-order valence-corrected chi connectivity index (χ1v) is 7.35. The van der Waals surface area contributed by atoms with Crippen LogP contribution in [-0.4, -0.2) is 32.1 Å². The van der Waals surface area contributed by atoms with E-state index in [-0.39, 0.29) is 5.91 Å². The Bertz CT molecular complexity index is 445. The number of carbonyl (C=O) groups is 1. The molecule has 0 spiro atoms. The van der Waals surface area contributed by atoms with E-state index in [0.29, 0.717) is 18.2 Å². The number of nitrogens with one attached hydrogen (secondary N) is 2. The minimum atomic E-state index is -0.0404. The van der Waals surface area contributed by atoms with Gasteiger partial charge in [-0.25, -0.2) is 0 Å². The third-order valence-corrected chi connectivity index (χ3v) is 3.97. The molecule has 1 unspecified atom stereocenters. The fourth-order valence-electron chi connectivity index (χ4n) is 2.27. The van der Waals surface area contributed by atoms with Crippen molar-refractivity contribution in [1.29, 1.82) is 0 Å². The van der Waals surface area contributed by atoms with Crippen molar-refractivity contribution in [2.75, 3.05) is 20.2 Å². The first kappa shape index (κ1) is 14.3. The Morgan fingerprint density at radius 3 is 3.05 bits per heavy atom. The monoisotopic (exact) mass is 326 g/mol. The molecule has 1 aromatic carbocycles. The second kappa shape index (κ2) is 6.91. The lowest BCUT2D eigenvalue weighted by Gasteiger charge is -2.11. The number of rotatable bonds is 5. The Hall–Kier alpha value is -1.07. The highest BCUT2D eigenvalue weighted by atomic mass is 79.9. The van der Waals surface area contributed by atoms with Gasteiger partial charge in [0.05, 0.1) is 11.6 Å². The minimum Gasteiger partial charge on any atom is -0.496 e. The van der Waals surface area contributed by atoms with E-state index in [1.165, 1.54) is 12.8 Å². The maximum absolute atomic E-state index is 12.0. The number of amides is 1. The normalized spacial score (nSPS) is 18.3. The summed E-state index contributed by atoms with van der Waals surface area (Å²) in [5, 5.41) is 6.37. The number of hydrogen-bond acceptors (Lipinski definition) is 3. The van der Waals surface area contributed by atoms with Gasteiger partial charge in [-0.05, 0) is 59.9 Å². The number of benzene rings is 1. The highest BCUT2D eigenvalue weighted by molar-refractivity contribution is 9.10. The fourth-order valence-corrected chi connectivity index (χ4v) is 2.81. The molecule has 104 valence electrons. The van der Waals surface area contributed by atoms with E-state index in [2.05, 4.69) is 26.6 Å². The molecule has 1 heterocycles. The summed E-state index contributed by atoms with van der Waals surface area (Å²) >= 11 is 3.38. The van der Waals surface area contributed by atoms with Crippen LogP contribution >= 0.6 is 15.9 Å². The molecule has 5 heteroatoms. The number of hydrogen-bond donors (Lipinski definition) is 2. The van der Waals surface area contributed by atoms with Crippen molar-refractivity contribution in [3.8, 4) is 5.75 Å². The number of methoxy groups -OCH3 is 1. The largest absolute Gasteiger partial charge is 0.496 e. The van der Waals surface area contributed by atoms with Gasteiger partial charge < -0.3 is 15.4 Å². The molecule has 0 saturated carbocycles. The van der Waals surface area contributed by atoms with Crippen LogP contribution in [0.2, 0.25) is 0 Å². The summed E-state index contributed by atoms with van der Waals surface area (Å²) in [6, 6.07) is 5.90. The van der Waals surface area contributed by atoms with Crippen molar-refractivity contribution in [2.24, 2.45) is 0 Å². The lowest BCUT2D eigenvalue weighted by Crippen LogP contribution is -2.30. The van der Waals surface area contributed by atoms with Gasteiger partial charge in [-0.1, -0.05) is 0 Å². The van der Waals surface area contributed by atoms with E-state index in [9.17, 15) is 4.79 Å². The van der Waals surface area contributed by atoms with Crippen LogP contribution in [0.3, 0.4) is 0 Å². The van der Waals surface area contributed by atoms with Crippen LogP contribution in [0.15, 0.2) is 22.7 Å². The van der Waals surface area contributed by atoms with E-state index >= 15 is 0 Å². The molecule has 1 saturated heterocycles. The van der Waals surface area contributed by atoms with Crippen LogP contribution in [-0.2, 0) is 0 Å². The van der Waals surface area contributed by atoms with Gasteiger partial charge in [0.15, 0.2) is 0 Å². The predicted molar refractivity (Wildman–Crippen MR) is 78.7 cm³/mol. The summed E-state index contributed by atoms with van der Waals surface area (Å²) in [6.07, 6.45) is 3.44. The maximum atomic E-state index is 12.0. The molecule has 2 rings (SSSR count). The molecule has 19 heavy (non-hydrogen) atoms. The molecule has 0 radical (unpaired) electrons.